The van der Waals surface area contributed by atoms with Crippen LogP contribution in [0.5, 0.6) is 0 Å². The molecule has 0 aromatic heterocycles. The maximum Gasteiger partial charge on any atom is 0.187 e. The molecule has 14 heteroatoms. The molecule has 280 valence electrons. The quantitative estimate of drug-likeness (QED) is 0.0939. The summed E-state index contributed by atoms with van der Waals surface area (Å²) in [5.74, 6) is -1.86. The lowest BCUT2D eigenvalue weighted by Gasteiger charge is -2.52. The number of ether oxygens (including phenoxy) is 10. The largest absolute Gasteiger partial charge is 0.374 e. The first-order valence-corrected chi connectivity index (χ1v) is 21.6. The topological polar surface area (TPSA) is 141 Å². The first-order chi connectivity index (χ1) is 24.3. The van der Waals surface area contributed by atoms with E-state index in [0.29, 0.717) is 13.2 Å². The molecule has 0 saturated carbocycles. The maximum absolute atomic E-state index is 9.81. The molecule has 0 spiro atoms. The van der Waals surface area contributed by atoms with Crippen LogP contribution in [0.25, 0.3) is 10.4 Å². The Hall–Kier alpha value is -2.43. The summed E-state index contributed by atoms with van der Waals surface area (Å²) in [4.78, 5) is 3.21. The van der Waals surface area contributed by atoms with Crippen molar-refractivity contribution in [3.63, 3.8) is 0 Å². The van der Waals surface area contributed by atoms with Gasteiger partial charge in [0.05, 0.1) is 26.4 Å². The molecule has 6 rings (SSSR count). The Morgan fingerprint density at radius 1 is 0.784 bits per heavy atom. The molecule has 2 aromatic carbocycles. The molecule has 51 heavy (non-hydrogen) atoms. The molecule has 0 N–H and O–H groups in total. The minimum atomic E-state index is -1.44. The second-order valence-electron chi connectivity index (χ2n) is 15.7. The lowest BCUT2D eigenvalue weighted by Crippen LogP contribution is -2.67. The second kappa shape index (κ2) is 16.3. The Morgan fingerprint density at radius 2 is 1.43 bits per heavy atom. The predicted octanol–water partition coefficient (Wildman–Crippen LogP) is 6.33. The van der Waals surface area contributed by atoms with Gasteiger partial charge in [-0.05, 0) is 50.4 Å². The molecule has 4 fully saturated rings. The summed E-state index contributed by atoms with van der Waals surface area (Å²) in [6, 6.07) is 19.8. The number of fused-ring (bicyclic) bond motifs is 2. The van der Waals surface area contributed by atoms with E-state index in [0.717, 1.165) is 17.2 Å². The molecular formula is C37H53N3O10Si. The number of hydrogen-bond acceptors (Lipinski definition) is 11. The number of rotatable bonds is 14. The summed E-state index contributed by atoms with van der Waals surface area (Å²) < 4.78 is 64.7. The summed E-state index contributed by atoms with van der Waals surface area (Å²) in [5, 5.41) is 4.20. The van der Waals surface area contributed by atoms with Gasteiger partial charge in [0, 0.05) is 19.6 Å². The van der Waals surface area contributed by atoms with Crippen LogP contribution in [0.4, 0.5) is 0 Å². The van der Waals surface area contributed by atoms with Crippen molar-refractivity contribution in [1.29, 1.82) is 0 Å². The van der Waals surface area contributed by atoms with E-state index in [-0.39, 0.29) is 19.8 Å². The predicted molar refractivity (Wildman–Crippen MR) is 189 cm³/mol. The maximum atomic E-state index is 9.81. The fourth-order valence-corrected chi connectivity index (χ4v) is 7.55. The van der Waals surface area contributed by atoms with Crippen LogP contribution in [0.2, 0.25) is 25.7 Å². The molecule has 4 aliphatic rings. The first kappa shape index (κ1) is 38.3. The van der Waals surface area contributed by atoms with E-state index in [9.17, 15) is 5.53 Å². The van der Waals surface area contributed by atoms with E-state index in [1.807, 2.05) is 88.4 Å². The van der Waals surface area contributed by atoms with E-state index in [1.54, 1.807) is 0 Å². The zero-order valence-corrected chi connectivity index (χ0v) is 31.7. The SMILES string of the molecule is CC1(C)O[C@H]2[C@@H](O1)[C@@H](COCc1ccccc1)O[C@@H](O[C@@H]1[C@@H](N=[N+]=[N-])[C@H](OCC[Si](C)(C)C)O[C@@H]3COC(C)(C)O[C@H]13)[C@@H]2OCc1ccccc1. The van der Waals surface area contributed by atoms with Crippen molar-refractivity contribution in [2.45, 2.75) is 140 Å². The van der Waals surface area contributed by atoms with Crippen molar-refractivity contribution < 1.29 is 47.4 Å². The molecule has 0 bridgehead atoms. The minimum Gasteiger partial charge on any atom is -0.374 e. The third-order valence-electron chi connectivity index (χ3n) is 9.35. The van der Waals surface area contributed by atoms with Gasteiger partial charge in [-0.15, -0.1) is 0 Å². The smallest absolute Gasteiger partial charge is 0.187 e. The lowest BCUT2D eigenvalue weighted by molar-refractivity contribution is -0.391. The van der Waals surface area contributed by atoms with Gasteiger partial charge < -0.3 is 47.4 Å². The molecule has 0 aliphatic carbocycles. The van der Waals surface area contributed by atoms with E-state index >= 15 is 0 Å². The lowest BCUT2D eigenvalue weighted by atomic mass is 9.94. The van der Waals surface area contributed by atoms with Gasteiger partial charge in [-0.25, -0.2) is 0 Å². The highest BCUT2D eigenvalue weighted by atomic mass is 28.3. The number of nitrogens with zero attached hydrogens (tertiary/aromatic N) is 3. The first-order valence-electron chi connectivity index (χ1n) is 17.9. The van der Waals surface area contributed by atoms with Crippen LogP contribution in [-0.4, -0.2) is 101 Å². The molecule has 0 radical (unpaired) electrons. The molecule has 13 nitrogen and oxygen atoms in total. The summed E-state index contributed by atoms with van der Waals surface area (Å²) in [5.41, 5.74) is 11.8. The van der Waals surface area contributed by atoms with Gasteiger partial charge >= 0.3 is 0 Å². The van der Waals surface area contributed by atoms with Gasteiger partial charge in [-0.2, -0.15) is 0 Å². The van der Waals surface area contributed by atoms with Crippen LogP contribution in [-0.2, 0) is 60.6 Å². The van der Waals surface area contributed by atoms with Crippen molar-refractivity contribution >= 4 is 8.07 Å². The minimum absolute atomic E-state index is 0.209. The Balaban J connectivity index is 1.31. The fraction of sp³-hybridized carbons (Fsp3) is 0.676. The third kappa shape index (κ3) is 9.96. The van der Waals surface area contributed by atoms with Crippen molar-refractivity contribution in [3.05, 3.63) is 82.2 Å². The molecule has 4 heterocycles. The van der Waals surface area contributed by atoms with Gasteiger partial charge in [-0.3, -0.25) is 0 Å². The highest BCUT2D eigenvalue weighted by Crippen LogP contribution is 2.42. The van der Waals surface area contributed by atoms with Crippen LogP contribution in [0, 0.1) is 0 Å². The van der Waals surface area contributed by atoms with Crippen LogP contribution < -0.4 is 0 Å². The molecule has 4 aliphatic heterocycles. The third-order valence-corrected chi connectivity index (χ3v) is 11.1. The zero-order valence-electron chi connectivity index (χ0n) is 30.7. The summed E-state index contributed by atoms with van der Waals surface area (Å²) in [7, 11) is -1.44. The molecule has 0 unspecified atom stereocenters. The van der Waals surface area contributed by atoms with Crippen molar-refractivity contribution in [1.82, 2.24) is 0 Å². The highest BCUT2D eigenvalue weighted by molar-refractivity contribution is 6.76. The molecule has 10 atom stereocenters. The van der Waals surface area contributed by atoms with Crippen LogP contribution >= 0.6 is 0 Å². The monoisotopic (exact) mass is 727 g/mol. The normalized spacial score (nSPS) is 34.3. The van der Waals surface area contributed by atoms with Gasteiger partial charge in [0.25, 0.3) is 0 Å². The van der Waals surface area contributed by atoms with E-state index in [4.69, 9.17) is 47.4 Å². The Labute approximate surface area is 301 Å². The average molecular weight is 728 g/mol. The standard InChI is InChI=1S/C37H53N3O10Si/c1-36(2)44-23-27-29(48-36)31(28(39-40-38)34(45-27)42-18-19-51(5,6)7)47-35-33(43-21-25-16-12-9-13-17-25)32-30(49-37(3,4)50-32)26(46-35)22-41-20-24-14-10-8-11-15-24/h8-17,26-35H,18-23H2,1-7H3/t26-,27-,28-,29+,30+,31-,32+,33-,34-,35+/m1/s1. The van der Waals surface area contributed by atoms with Gasteiger partial charge in [0.2, 0.25) is 0 Å². The fourth-order valence-electron chi connectivity index (χ4n) is 6.82. The average Bonchev–Trinajstić information content (AvgIpc) is 3.41. The second-order valence-corrected chi connectivity index (χ2v) is 21.3. The van der Waals surface area contributed by atoms with Crippen LogP contribution in [0.3, 0.4) is 0 Å². The molecule has 4 saturated heterocycles. The van der Waals surface area contributed by atoms with Crippen molar-refractivity contribution in [2.24, 2.45) is 5.11 Å². The van der Waals surface area contributed by atoms with Gasteiger partial charge in [0.1, 0.15) is 48.8 Å². The van der Waals surface area contributed by atoms with E-state index < -0.39 is 81.0 Å². The molecular weight excluding hydrogens is 675 g/mol. The number of azide groups is 1. The zero-order chi connectivity index (χ0) is 36.2. The number of hydrogen-bond donors (Lipinski definition) is 0. The highest BCUT2D eigenvalue weighted by Gasteiger charge is 2.59. The Kier molecular flexibility index (Phi) is 12.2. The summed E-state index contributed by atoms with van der Waals surface area (Å²) in [6.45, 7) is 15.8. The summed E-state index contributed by atoms with van der Waals surface area (Å²) in [6.07, 6.45) is -6.39. The van der Waals surface area contributed by atoms with Crippen molar-refractivity contribution in [3.8, 4) is 0 Å². The van der Waals surface area contributed by atoms with E-state index in [1.165, 1.54) is 0 Å². The molecule has 2 aromatic rings. The van der Waals surface area contributed by atoms with Crippen LogP contribution in [0.15, 0.2) is 65.8 Å². The van der Waals surface area contributed by atoms with Crippen LogP contribution in [0.1, 0.15) is 38.8 Å². The molecule has 0 amide bonds. The Morgan fingerprint density at radius 3 is 2.10 bits per heavy atom. The Bertz CT molecular complexity index is 1460. The van der Waals surface area contributed by atoms with Crippen molar-refractivity contribution in [2.75, 3.05) is 19.8 Å². The van der Waals surface area contributed by atoms with E-state index in [2.05, 4.69) is 29.7 Å². The van der Waals surface area contributed by atoms with Gasteiger partial charge in [-0.1, -0.05) is 85.4 Å². The number of benzene rings is 2. The van der Waals surface area contributed by atoms with Gasteiger partial charge in [0.15, 0.2) is 24.2 Å². The summed E-state index contributed by atoms with van der Waals surface area (Å²) >= 11 is 0.